The van der Waals surface area contributed by atoms with Gasteiger partial charge in [0.2, 0.25) is 10.0 Å². The predicted octanol–water partition coefficient (Wildman–Crippen LogP) is 0.883. The normalized spacial score (nSPS) is 14.3. The lowest BCUT2D eigenvalue weighted by Crippen LogP contribution is -2.19. The van der Waals surface area contributed by atoms with Crippen molar-refractivity contribution in [3.63, 3.8) is 0 Å². The highest BCUT2D eigenvalue weighted by Gasteiger charge is 2.09. The van der Waals surface area contributed by atoms with Crippen molar-refractivity contribution in [3.05, 3.63) is 22.5 Å². The first kappa shape index (κ1) is 10.7. The van der Waals surface area contributed by atoms with E-state index in [1.165, 1.54) is 18.5 Å². The van der Waals surface area contributed by atoms with E-state index >= 15 is 0 Å². The summed E-state index contributed by atoms with van der Waals surface area (Å²) in [7, 11) is -1.97. The van der Waals surface area contributed by atoms with E-state index in [1.54, 1.807) is 13.0 Å². The molecule has 11 heavy (non-hydrogen) atoms. The average Bonchev–Trinajstić information content (AvgIpc) is 2.00. The molecule has 0 aromatic rings. The number of allylic oxidation sites excluding steroid dienone is 2. The summed E-state index contributed by atoms with van der Waals surface area (Å²) in [5.41, 5.74) is 0. The van der Waals surface area contributed by atoms with Crippen LogP contribution in [-0.2, 0) is 10.0 Å². The molecule has 0 aliphatic heterocycles. The van der Waals surface area contributed by atoms with Crippen LogP contribution >= 0.6 is 12.6 Å². The van der Waals surface area contributed by atoms with Crippen LogP contribution in [0.2, 0.25) is 0 Å². The summed E-state index contributed by atoms with van der Waals surface area (Å²) < 4.78 is 24.3. The van der Waals surface area contributed by atoms with E-state index in [1.807, 2.05) is 0 Å². The van der Waals surface area contributed by atoms with Crippen molar-refractivity contribution in [2.45, 2.75) is 6.92 Å². The SMILES string of the molecule is C/C=C\C(=C/S)S(=O)(=O)NC. The van der Waals surface area contributed by atoms with E-state index in [0.717, 1.165) is 0 Å². The van der Waals surface area contributed by atoms with Crippen molar-refractivity contribution < 1.29 is 8.42 Å². The molecule has 0 aliphatic carbocycles. The molecular weight excluding hydrogens is 182 g/mol. The van der Waals surface area contributed by atoms with Gasteiger partial charge in [-0.1, -0.05) is 6.08 Å². The second-order valence-electron chi connectivity index (χ2n) is 1.74. The third-order valence-corrected chi connectivity index (χ3v) is 2.90. The molecule has 0 aromatic carbocycles. The third-order valence-electron chi connectivity index (χ3n) is 1.04. The lowest BCUT2D eigenvalue weighted by atomic mass is 10.5. The fourth-order valence-electron chi connectivity index (χ4n) is 0.484. The van der Waals surface area contributed by atoms with Crippen LogP contribution in [0.1, 0.15) is 6.92 Å². The summed E-state index contributed by atoms with van der Waals surface area (Å²) in [6.07, 6.45) is 3.11. The van der Waals surface area contributed by atoms with Crippen molar-refractivity contribution in [1.29, 1.82) is 0 Å². The zero-order valence-electron chi connectivity index (χ0n) is 6.40. The Bertz CT molecular complexity index is 264. The van der Waals surface area contributed by atoms with Crippen LogP contribution in [0.4, 0.5) is 0 Å². The molecule has 0 atom stereocenters. The van der Waals surface area contributed by atoms with E-state index in [9.17, 15) is 8.42 Å². The molecule has 3 nitrogen and oxygen atoms in total. The Morgan fingerprint density at radius 3 is 2.36 bits per heavy atom. The summed E-state index contributed by atoms with van der Waals surface area (Å²) in [4.78, 5) is 0.158. The molecule has 0 saturated carbocycles. The lowest BCUT2D eigenvalue weighted by molar-refractivity contribution is 0.595. The number of sulfonamides is 1. The first-order valence-electron chi connectivity index (χ1n) is 2.99. The molecule has 0 aromatic heterocycles. The van der Waals surface area contributed by atoms with Crippen LogP contribution in [-0.4, -0.2) is 15.5 Å². The highest BCUT2D eigenvalue weighted by atomic mass is 32.2. The van der Waals surface area contributed by atoms with Crippen molar-refractivity contribution in [3.8, 4) is 0 Å². The maximum absolute atomic E-state index is 11.0. The van der Waals surface area contributed by atoms with E-state index in [-0.39, 0.29) is 4.91 Å². The Morgan fingerprint density at radius 1 is 1.55 bits per heavy atom. The summed E-state index contributed by atoms with van der Waals surface area (Å²) in [5.74, 6) is 0. The highest BCUT2D eigenvalue weighted by Crippen LogP contribution is 2.06. The van der Waals surface area contributed by atoms with Gasteiger partial charge in [0.15, 0.2) is 0 Å². The van der Waals surface area contributed by atoms with Gasteiger partial charge in [0.25, 0.3) is 0 Å². The average molecular weight is 193 g/mol. The molecule has 1 N–H and O–H groups in total. The van der Waals surface area contributed by atoms with Gasteiger partial charge in [-0.3, -0.25) is 0 Å². The molecule has 5 heteroatoms. The van der Waals surface area contributed by atoms with Crippen LogP contribution in [0, 0.1) is 0 Å². The van der Waals surface area contributed by atoms with Gasteiger partial charge in [-0.05, 0) is 25.5 Å². The Balaban J connectivity index is 4.83. The first-order valence-corrected chi connectivity index (χ1v) is 4.99. The van der Waals surface area contributed by atoms with Crippen LogP contribution < -0.4 is 4.72 Å². The maximum Gasteiger partial charge on any atom is 0.240 e. The Morgan fingerprint density at radius 2 is 2.09 bits per heavy atom. The Hall–Kier alpha value is -0.260. The van der Waals surface area contributed by atoms with Crippen molar-refractivity contribution in [1.82, 2.24) is 4.72 Å². The first-order chi connectivity index (χ1) is 5.08. The third kappa shape index (κ3) is 3.09. The number of hydrogen-bond donors (Lipinski definition) is 2. The Labute approximate surface area is 72.7 Å². The zero-order chi connectivity index (χ0) is 8.91. The molecule has 0 radical (unpaired) electrons. The highest BCUT2D eigenvalue weighted by molar-refractivity contribution is 7.94. The topological polar surface area (TPSA) is 46.2 Å². The predicted molar refractivity (Wildman–Crippen MR) is 49.9 cm³/mol. The van der Waals surface area contributed by atoms with Crippen LogP contribution in [0.5, 0.6) is 0 Å². The van der Waals surface area contributed by atoms with Gasteiger partial charge in [0.1, 0.15) is 0 Å². The zero-order valence-corrected chi connectivity index (χ0v) is 8.11. The largest absolute Gasteiger partial charge is 0.240 e. The second kappa shape index (κ2) is 4.58. The van der Waals surface area contributed by atoms with Crippen molar-refractivity contribution >= 4 is 22.7 Å². The minimum absolute atomic E-state index is 0.158. The van der Waals surface area contributed by atoms with Crippen molar-refractivity contribution in [2.75, 3.05) is 7.05 Å². The van der Waals surface area contributed by atoms with Gasteiger partial charge in [0.05, 0.1) is 4.91 Å². The fourth-order valence-corrected chi connectivity index (χ4v) is 1.68. The minimum atomic E-state index is -3.32. The molecule has 0 heterocycles. The molecule has 0 saturated heterocycles. The van der Waals surface area contributed by atoms with Gasteiger partial charge in [-0.2, -0.15) is 12.6 Å². The summed E-state index contributed by atoms with van der Waals surface area (Å²) in [5, 5.41) is 1.24. The van der Waals surface area contributed by atoms with E-state index in [2.05, 4.69) is 17.4 Å². The van der Waals surface area contributed by atoms with Crippen LogP contribution in [0.15, 0.2) is 22.5 Å². The molecular formula is C6H11NO2S2. The van der Waals surface area contributed by atoms with E-state index in [4.69, 9.17) is 0 Å². The minimum Gasteiger partial charge on any atom is -0.214 e. The quantitative estimate of drug-likeness (QED) is 0.516. The van der Waals surface area contributed by atoms with E-state index < -0.39 is 10.0 Å². The summed E-state index contributed by atoms with van der Waals surface area (Å²) in [6.45, 7) is 1.74. The number of nitrogens with one attached hydrogen (secondary N) is 1. The van der Waals surface area contributed by atoms with Gasteiger partial charge < -0.3 is 0 Å². The fraction of sp³-hybridized carbons (Fsp3) is 0.333. The smallest absolute Gasteiger partial charge is 0.214 e. The lowest BCUT2D eigenvalue weighted by Gasteiger charge is -2.00. The molecule has 0 unspecified atom stereocenters. The molecule has 0 rings (SSSR count). The van der Waals surface area contributed by atoms with Gasteiger partial charge in [-0.15, -0.1) is 0 Å². The van der Waals surface area contributed by atoms with Gasteiger partial charge in [0, 0.05) is 0 Å². The standard InChI is InChI=1S/C6H11NO2S2/c1-3-4-6(5-10)11(8,9)7-2/h3-5,7,10H,1-2H3/b4-3-,6-5+. The summed E-state index contributed by atoms with van der Waals surface area (Å²) >= 11 is 3.76. The number of hydrogen-bond acceptors (Lipinski definition) is 3. The van der Waals surface area contributed by atoms with Gasteiger partial charge in [-0.25, -0.2) is 13.1 Å². The van der Waals surface area contributed by atoms with Crippen LogP contribution in [0.25, 0.3) is 0 Å². The molecule has 0 spiro atoms. The van der Waals surface area contributed by atoms with Gasteiger partial charge >= 0.3 is 0 Å². The molecule has 0 aliphatic rings. The Kier molecular flexibility index (Phi) is 4.48. The number of rotatable bonds is 3. The summed E-state index contributed by atoms with van der Waals surface area (Å²) in [6, 6.07) is 0. The molecule has 0 fully saturated rings. The number of thiol groups is 1. The molecule has 0 bridgehead atoms. The molecule has 64 valence electrons. The van der Waals surface area contributed by atoms with E-state index in [0.29, 0.717) is 0 Å². The van der Waals surface area contributed by atoms with Crippen molar-refractivity contribution in [2.24, 2.45) is 0 Å². The van der Waals surface area contributed by atoms with Crippen LogP contribution in [0.3, 0.4) is 0 Å². The second-order valence-corrected chi connectivity index (χ2v) is 3.88. The maximum atomic E-state index is 11.0. The molecule has 0 amide bonds. The monoisotopic (exact) mass is 193 g/mol.